The quantitative estimate of drug-likeness (QED) is 0.718. The third-order valence-corrected chi connectivity index (χ3v) is 4.11. The Morgan fingerprint density at radius 3 is 2.65 bits per heavy atom. The minimum atomic E-state index is -0.0908. The SMILES string of the molecule is Cc1ccc(-c2n[nH]c(CCNC(=O)c3cccc(N(C)C)c3)n2)cc1. The number of aryl methyl sites for hydroxylation is 1. The summed E-state index contributed by atoms with van der Waals surface area (Å²) in [6.07, 6.45) is 0.595. The lowest BCUT2D eigenvalue weighted by molar-refractivity contribution is 0.0954. The van der Waals surface area contributed by atoms with Gasteiger partial charge < -0.3 is 10.2 Å². The highest BCUT2D eigenvalue weighted by molar-refractivity contribution is 5.95. The highest BCUT2D eigenvalue weighted by Crippen LogP contribution is 2.15. The zero-order valence-corrected chi connectivity index (χ0v) is 15.3. The molecule has 3 rings (SSSR count). The van der Waals surface area contributed by atoms with Crippen molar-refractivity contribution >= 4 is 11.6 Å². The van der Waals surface area contributed by atoms with Crippen LogP contribution in [0.25, 0.3) is 11.4 Å². The second kappa shape index (κ2) is 7.82. The van der Waals surface area contributed by atoms with E-state index in [2.05, 4.69) is 20.5 Å². The Balaban J connectivity index is 1.56. The van der Waals surface area contributed by atoms with E-state index in [1.807, 2.05) is 74.4 Å². The topological polar surface area (TPSA) is 73.9 Å². The molecule has 0 unspecified atom stereocenters. The van der Waals surface area contributed by atoms with Gasteiger partial charge in [0.2, 0.25) is 0 Å². The number of rotatable bonds is 6. The van der Waals surface area contributed by atoms with Crippen LogP contribution in [0.1, 0.15) is 21.7 Å². The van der Waals surface area contributed by atoms with Crippen LogP contribution < -0.4 is 10.2 Å². The van der Waals surface area contributed by atoms with Crippen LogP contribution in [0.15, 0.2) is 48.5 Å². The Kier molecular flexibility index (Phi) is 5.31. The van der Waals surface area contributed by atoms with E-state index >= 15 is 0 Å². The van der Waals surface area contributed by atoms with Crippen LogP contribution in [-0.4, -0.2) is 41.7 Å². The molecule has 0 aliphatic heterocycles. The molecule has 6 heteroatoms. The van der Waals surface area contributed by atoms with Crippen molar-refractivity contribution in [2.24, 2.45) is 0 Å². The van der Waals surface area contributed by atoms with Crippen LogP contribution in [-0.2, 0) is 6.42 Å². The van der Waals surface area contributed by atoms with E-state index in [4.69, 9.17) is 0 Å². The van der Waals surface area contributed by atoms with Crippen LogP contribution in [0, 0.1) is 6.92 Å². The number of hydrogen-bond acceptors (Lipinski definition) is 4. The summed E-state index contributed by atoms with van der Waals surface area (Å²) < 4.78 is 0. The second-order valence-electron chi connectivity index (χ2n) is 6.42. The molecule has 26 heavy (non-hydrogen) atoms. The maximum Gasteiger partial charge on any atom is 0.251 e. The van der Waals surface area contributed by atoms with Gasteiger partial charge in [-0.3, -0.25) is 9.89 Å². The molecule has 6 nitrogen and oxygen atoms in total. The molecule has 2 aromatic carbocycles. The second-order valence-corrected chi connectivity index (χ2v) is 6.42. The Labute approximate surface area is 153 Å². The highest BCUT2D eigenvalue weighted by Gasteiger charge is 2.09. The first-order chi connectivity index (χ1) is 12.5. The average molecular weight is 349 g/mol. The number of carbonyl (C=O) groups is 1. The van der Waals surface area contributed by atoms with E-state index in [1.54, 1.807) is 0 Å². The Hall–Kier alpha value is -3.15. The lowest BCUT2D eigenvalue weighted by Crippen LogP contribution is -2.26. The molecule has 0 atom stereocenters. The first-order valence-electron chi connectivity index (χ1n) is 8.57. The van der Waals surface area contributed by atoms with Crippen molar-refractivity contribution in [3.8, 4) is 11.4 Å². The number of aromatic amines is 1. The largest absolute Gasteiger partial charge is 0.378 e. The Morgan fingerprint density at radius 1 is 1.15 bits per heavy atom. The van der Waals surface area contributed by atoms with E-state index in [1.165, 1.54) is 5.56 Å². The van der Waals surface area contributed by atoms with Crippen LogP contribution in [0.2, 0.25) is 0 Å². The predicted molar refractivity (Wildman–Crippen MR) is 103 cm³/mol. The van der Waals surface area contributed by atoms with Gasteiger partial charge >= 0.3 is 0 Å². The minimum absolute atomic E-state index is 0.0908. The molecule has 2 N–H and O–H groups in total. The van der Waals surface area contributed by atoms with Gasteiger partial charge in [0.1, 0.15) is 5.82 Å². The van der Waals surface area contributed by atoms with Crippen molar-refractivity contribution in [3.05, 3.63) is 65.5 Å². The molecule has 0 aliphatic rings. The van der Waals surface area contributed by atoms with Crippen LogP contribution in [0.5, 0.6) is 0 Å². The molecule has 0 fully saturated rings. The van der Waals surface area contributed by atoms with E-state index in [0.29, 0.717) is 24.4 Å². The summed E-state index contributed by atoms with van der Waals surface area (Å²) in [7, 11) is 3.90. The number of amides is 1. The van der Waals surface area contributed by atoms with Gasteiger partial charge in [-0.2, -0.15) is 5.10 Å². The number of hydrogen-bond donors (Lipinski definition) is 2. The smallest absolute Gasteiger partial charge is 0.251 e. The monoisotopic (exact) mass is 349 g/mol. The van der Waals surface area contributed by atoms with Gasteiger partial charge in [0.25, 0.3) is 5.91 Å². The maximum absolute atomic E-state index is 12.3. The van der Waals surface area contributed by atoms with Crippen LogP contribution >= 0.6 is 0 Å². The summed E-state index contributed by atoms with van der Waals surface area (Å²) in [5.41, 5.74) is 3.82. The first kappa shape index (κ1) is 17.7. The maximum atomic E-state index is 12.3. The normalized spacial score (nSPS) is 10.6. The standard InChI is InChI=1S/C20H23N5O/c1-14-7-9-15(10-8-14)19-22-18(23-24-19)11-12-21-20(26)16-5-4-6-17(13-16)25(2)3/h4-10,13H,11-12H2,1-3H3,(H,21,26)(H,22,23,24). The number of H-pyrrole nitrogens is 1. The van der Waals surface area contributed by atoms with Crippen molar-refractivity contribution in [2.75, 3.05) is 25.5 Å². The summed E-state index contributed by atoms with van der Waals surface area (Å²) in [6, 6.07) is 15.6. The molecule has 1 aromatic heterocycles. The van der Waals surface area contributed by atoms with Crippen LogP contribution in [0.3, 0.4) is 0 Å². The third kappa shape index (κ3) is 4.27. The van der Waals surface area contributed by atoms with Crippen molar-refractivity contribution in [1.29, 1.82) is 0 Å². The van der Waals surface area contributed by atoms with Gasteiger partial charge in [0.15, 0.2) is 5.82 Å². The number of benzene rings is 2. The summed E-state index contributed by atoms with van der Waals surface area (Å²) in [5.74, 6) is 1.33. The van der Waals surface area contributed by atoms with E-state index in [0.717, 1.165) is 17.1 Å². The Morgan fingerprint density at radius 2 is 1.92 bits per heavy atom. The summed E-state index contributed by atoms with van der Waals surface area (Å²) in [6.45, 7) is 2.54. The molecule has 0 saturated carbocycles. The number of aromatic nitrogens is 3. The average Bonchev–Trinajstić information content (AvgIpc) is 3.11. The zero-order chi connectivity index (χ0) is 18.5. The zero-order valence-electron chi connectivity index (χ0n) is 15.3. The van der Waals surface area contributed by atoms with Crippen LogP contribution in [0.4, 0.5) is 5.69 Å². The third-order valence-electron chi connectivity index (χ3n) is 4.11. The van der Waals surface area contributed by atoms with Gasteiger partial charge in [-0.25, -0.2) is 4.98 Å². The fourth-order valence-corrected chi connectivity index (χ4v) is 2.56. The van der Waals surface area contributed by atoms with Gasteiger partial charge in [0.05, 0.1) is 0 Å². The van der Waals surface area contributed by atoms with Gasteiger partial charge in [-0.05, 0) is 25.1 Å². The lowest BCUT2D eigenvalue weighted by atomic mass is 10.1. The van der Waals surface area contributed by atoms with Crippen molar-refractivity contribution in [1.82, 2.24) is 20.5 Å². The lowest BCUT2D eigenvalue weighted by Gasteiger charge is -2.13. The molecule has 0 bridgehead atoms. The van der Waals surface area contributed by atoms with Gasteiger partial charge in [-0.1, -0.05) is 35.9 Å². The van der Waals surface area contributed by atoms with E-state index < -0.39 is 0 Å². The van der Waals surface area contributed by atoms with E-state index in [9.17, 15) is 4.79 Å². The number of anilines is 1. The predicted octanol–water partition coefficient (Wildman–Crippen LogP) is 2.82. The molecule has 0 radical (unpaired) electrons. The number of nitrogens with zero attached hydrogens (tertiary/aromatic N) is 3. The van der Waals surface area contributed by atoms with Crippen molar-refractivity contribution in [2.45, 2.75) is 13.3 Å². The molecule has 134 valence electrons. The molecule has 1 amide bonds. The molecule has 3 aromatic rings. The molecule has 0 saturated heterocycles. The van der Waals surface area contributed by atoms with Crippen molar-refractivity contribution < 1.29 is 4.79 Å². The van der Waals surface area contributed by atoms with Gasteiger partial charge in [-0.15, -0.1) is 0 Å². The summed E-state index contributed by atoms with van der Waals surface area (Å²) in [5, 5.41) is 10.1. The number of carbonyl (C=O) groups excluding carboxylic acids is 1. The van der Waals surface area contributed by atoms with Gasteiger partial charge in [0, 0.05) is 43.9 Å². The molecule has 0 aliphatic carbocycles. The fraction of sp³-hybridized carbons (Fsp3) is 0.250. The summed E-state index contributed by atoms with van der Waals surface area (Å²) >= 11 is 0. The highest BCUT2D eigenvalue weighted by atomic mass is 16.1. The first-order valence-corrected chi connectivity index (χ1v) is 8.57. The molecular weight excluding hydrogens is 326 g/mol. The Bertz CT molecular complexity index is 883. The number of nitrogens with one attached hydrogen (secondary N) is 2. The van der Waals surface area contributed by atoms with Crippen molar-refractivity contribution in [3.63, 3.8) is 0 Å². The minimum Gasteiger partial charge on any atom is -0.378 e. The molecule has 1 heterocycles. The van der Waals surface area contributed by atoms with E-state index in [-0.39, 0.29) is 5.91 Å². The molecular formula is C20H23N5O. The fourth-order valence-electron chi connectivity index (χ4n) is 2.56. The summed E-state index contributed by atoms with van der Waals surface area (Å²) in [4.78, 5) is 18.8. The molecule has 0 spiro atoms.